The van der Waals surface area contributed by atoms with Crippen LogP contribution in [-0.2, 0) is 10.0 Å². The van der Waals surface area contributed by atoms with Crippen molar-refractivity contribution in [3.05, 3.63) is 15.9 Å². The minimum Gasteiger partial charge on any atom is -0.352 e. The fourth-order valence-electron chi connectivity index (χ4n) is 2.24. The number of carbonyl (C=O) groups is 1. The molecule has 0 aromatic carbocycles. The second-order valence-corrected chi connectivity index (χ2v) is 8.58. The third kappa shape index (κ3) is 3.51. The Morgan fingerprint density at radius 3 is 2.95 bits per heavy atom. The van der Waals surface area contributed by atoms with Crippen LogP contribution in [0.1, 0.15) is 12.8 Å². The molecule has 112 valence electrons. The number of amides is 2. The van der Waals surface area contributed by atoms with E-state index in [1.807, 2.05) is 0 Å². The van der Waals surface area contributed by atoms with Crippen LogP contribution in [0.5, 0.6) is 0 Å². The van der Waals surface area contributed by atoms with Crippen LogP contribution in [0, 0.1) is 5.92 Å². The zero-order chi connectivity index (χ0) is 14.8. The molecule has 2 rings (SSSR count). The first-order valence-corrected chi connectivity index (χ1v) is 9.29. The van der Waals surface area contributed by atoms with Gasteiger partial charge in [-0.05, 0) is 46.1 Å². The lowest BCUT2D eigenvalue weighted by Crippen LogP contribution is -2.44. The van der Waals surface area contributed by atoms with Gasteiger partial charge in [0, 0.05) is 24.1 Å². The number of hydrogen-bond acceptors (Lipinski definition) is 4. The lowest BCUT2D eigenvalue weighted by Gasteiger charge is -2.31. The van der Waals surface area contributed by atoms with E-state index in [9.17, 15) is 13.2 Å². The summed E-state index contributed by atoms with van der Waals surface area (Å²) in [7, 11) is -3.46. The molecule has 1 unspecified atom stereocenters. The first-order chi connectivity index (χ1) is 9.41. The van der Waals surface area contributed by atoms with Crippen LogP contribution in [0.4, 0.5) is 4.79 Å². The third-order valence-corrected chi connectivity index (χ3v) is 7.72. The molecule has 2 amide bonds. The Morgan fingerprint density at radius 1 is 1.60 bits per heavy atom. The predicted molar refractivity (Wildman–Crippen MR) is 81.1 cm³/mol. The van der Waals surface area contributed by atoms with Crippen molar-refractivity contribution in [3.63, 3.8) is 0 Å². The molecule has 3 N–H and O–H groups in total. The molecule has 20 heavy (non-hydrogen) atoms. The quantitative estimate of drug-likeness (QED) is 0.828. The van der Waals surface area contributed by atoms with Crippen LogP contribution in [0.25, 0.3) is 0 Å². The van der Waals surface area contributed by atoms with E-state index in [1.54, 1.807) is 11.4 Å². The summed E-state index contributed by atoms with van der Waals surface area (Å²) in [5, 5.41) is 4.29. The van der Waals surface area contributed by atoms with Crippen LogP contribution in [0.3, 0.4) is 0 Å². The molecular formula is C11H16BrN3O3S2. The molecular weight excluding hydrogens is 366 g/mol. The molecule has 6 nitrogen and oxygen atoms in total. The number of rotatable bonds is 4. The fraction of sp³-hybridized carbons (Fsp3) is 0.545. The Bertz CT molecular complexity index is 587. The molecule has 0 spiro atoms. The molecule has 1 fully saturated rings. The first-order valence-electron chi connectivity index (χ1n) is 6.17. The molecule has 1 aliphatic heterocycles. The molecule has 0 aliphatic carbocycles. The summed E-state index contributed by atoms with van der Waals surface area (Å²) >= 11 is 4.47. The molecule has 9 heteroatoms. The summed E-state index contributed by atoms with van der Waals surface area (Å²) in [4.78, 5) is 10.7. The van der Waals surface area contributed by atoms with Gasteiger partial charge in [0.05, 0.1) is 0 Å². The van der Waals surface area contributed by atoms with Crippen LogP contribution >= 0.6 is 27.3 Å². The normalized spacial score (nSPS) is 20.8. The summed E-state index contributed by atoms with van der Waals surface area (Å²) in [6.45, 7) is 1.33. The SMILES string of the molecule is NC(=O)NCC1CCCN(S(=O)(=O)c2sccc2Br)C1. The van der Waals surface area contributed by atoms with Gasteiger partial charge in [0.2, 0.25) is 0 Å². The van der Waals surface area contributed by atoms with Crippen molar-refractivity contribution in [2.75, 3.05) is 19.6 Å². The standard InChI is InChI=1S/C11H16BrN3O3S2/c12-9-3-5-19-10(9)20(17,18)15-4-1-2-8(7-15)6-14-11(13)16/h3,5,8H,1-2,4,6-7H2,(H3,13,14,16). The van der Waals surface area contributed by atoms with Crippen molar-refractivity contribution >= 4 is 43.3 Å². The number of urea groups is 1. The highest BCUT2D eigenvalue weighted by Crippen LogP contribution is 2.32. The van der Waals surface area contributed by atoms with E-state index in [-0.39, 0.29) is 5.92 Å². The number of primary amides is 1. The van der Waals surface area contributed by atoms with Crippen molar-refractivity contribution in [2.24, 2.45) is 11.7 Å². The van der Waals surface area contributed by atoms with Crippen molar-refractivity contribution in [1.29, 1.82) is 0 Å². The first kappa shape index (κ1) is 15.7. The zero-order valence-electron chi connectivity index (χ0n) is 10.7. The predicted octanol–water partition coefficient (Wildman–Crippen LogP) is 1.58. The monoisotopic (exact) mass is 381 g/mol. The summed E-state index contributed by atoms with van der Waals surface area (Å²) in [6.07, 6.45) is 1.67. The van der Waals surface area contributed by atoms with Gasteiger partial charge in [-0.3, -0.25) is 0 Å². The smallest absolute Gasteiger partial charge is 0.312 e. The summed E-state index contributed by atoms with van der Waals surface area (Å²) in [5.74, 6) is 0.102. The highest BCUT2D eigenvalue weighted by molar-refractivity contribution is 9.10. The molecule has 2 heterocycles. The minimum atomic E-state index is -3.46. The van der Waals surface area contributed by atoms with Crippen molar-refractivity contribution in [1.82, 2.24) is 9.62 Å². The molecule has 0 radical (unpaired) electrons. The number of halogens is 1. The molecule has 1 aromatic heterocycles. The molecule has 1 atom stereocenters. The van der Waals surface area contributed by atoms with Gasteiger partial charge in [-0.15, -0.1) is 11.3 Å². The number of nitrogens with zero attached hydrogens (tertiary/aromatic N) is 1. The minimum absolute atomic E-state index is 0.102. The van der Waals surface area contributed by atoms with E-state index in [0.29, 0.717) is 28.3 Å². The largest absolute Gasteiger partial charge is 0.352 e. The Hall–Kier alpha value is -0.640. The van der Waals surface area contributed by atoms with Gasteiger partial charge < -0.3 is 11.1 Å². The van der Waals surface area contributed by atoms with Crippen LogP contribution in [-0.4, -0.2) is 38.4 Å². The van der Waals surface area contributed by atoms with E-state index < -0.39 is 16.1 Å². The highest BCUT2D eigenvalue weighted by atomic mass is 79.9. The number of carbonyl (C=O) groups excluding carboxylic acids is 1. The lowest BCUT2D eigenvalue weighted by atomic mass is 10.00. The van der Waals surface area contributed by atoms with Gasteiger partial charge in [0.15, 0.2) is 0 Å². The third-order valence-electron chi connectivity index (χ3n) is 3.21. The van der Waals surface area contributed by atoms with Crippen LogP contribution in [0.2, 0.25) is 0 Å². The number of sulfonamides is 1. The molecule has 0 saturated carbocycles. The Balaban J connectivity index is 2.09. The van der Waals surface area contributed by atoms with Crippen molar-refractivity contribution in [2.45, 2.75) is 17.1 Å². The second kappa shape index (κ2) is 6.42. The van der Waals surface area contributed by atoms with Crippen molar-refractivity contribution < 1.29 is 13.2 Å². The maximum atomic E-state index is 12.5. The zero-order valence-corrected chi connectivity index (χ0v) is 13.9. The average molecular weight is 382 g/mol. The fourth-order valence-corrected chi connectivity index (χ4v) is 6.24. The maximum absolute atomic E-state index is 12.5. The van der Waals surface area contributed by atoms with E-state index in [4.69, 9.17) is 5.73 Å². The number of hydrogen-bond donors (Lipinski definition) is 2. The van der Waals surface area contributed by atoms with E-state index in [0.717, 1.165) is 12.8 Å². The van der Waals surface area contributed by atoms with Gasteiger partial charge >= 0.3 is 6.03 Å². The van der Waals surface area contributed by atoms with Gasteiger partial charge in [0.25, 0.3) is 10.0 Å². The number of thiophene rings is 1. The van der Waals surface area contributed by atoms with Crippen LogP contribution < -0.4 is 11.1 Å². The summed E-state index contributed by atoms with van der Waals surface area (Å²) in [6, 6.07) is 1.15. The van der Waals surface area contributed by atoms with Gasteiger partial charge in [-0.2, -0.15) is 4.31 Å². The number of nitrogens with two attached hydrogens (primary N) is 1. The Kier molecular flexibility index (Phi) is 5.05. The maximum Gasteiger partial charge on any atom is 0.312 e. The molecule has 1 aliphatic rings. The van der Waals surface area contributed by atoms with Gasteiger partial charge in [-0.1, -0.05) is 0 Å². The number of nitrogens with one attached hydrogen (secondary N) is 1. The Morgan fingerprint density at radius 2 is 2.35 bits per heavy atom. The summed E-state index contributed by atoms with van der Waals surface area (Å²) < 4.78 is 27.5. The molecule has 1 saturated heterocycles. The molecule has 1 aromatic rings. The topological polar surface area (TPSA) is 92.5 Å². The van der Waals surface area contributed by atoms with E-state index in [2.05, 4.69) is 21.2 Å². The van der Waals surface area contributed by atoms with E-state index >= 15 is 0 Å². The van der Waals surface area contributed by atoms with Crippen LogP contribution in [0.15, 0.2) is 20.1 Å². The average Bonchev–Trinajstić information content (AvgIpc) is 2.84. The summed E-state index contributed by atoms with van der Waals surface area (Å²) in [5.41, 5.74) is 5.04. The van der Waals surface area contributed by atoms with E-state index in [1.165, 1.54) is 15.6 Å². The Labute approximate surface area is 130 Å². The highest BCUT2D eigenvalue weighted by Gasteiger charge is 2.32. The van der Waals surface area contributed by atoms with Gasteiger partial charge in [0.1, 0.15) is 4.21 Å². The van der Waals surface area contributed by atoms with Crippen molar-refractivity contribution in [3.8, 4) is 0 Å². The number of piperidine rings is 1. The second-order valence-electron chi connectivity index (χ2n) is 4.67. The molecule has 0 bridgehead atoms. The lowest BCUT2D eigenvalue weighted by molar-refractivity contribution is 0.236. The van der Waals surface area contributed by atoms with Gasteiger partial charge in [-0.25, -0.2) is 13.2 Å².